The highest BCUT2D eigenvalue weighted by Crippen LogP contribution is 2.14. The molecule has 0 amide bonds. The van der Waals surface area contributed by atoms with Crippen LogP contribution in [0.2, 0.25) is 0 Å². The fraction of sp³-hybridized carbons (Fsp3) is 0.906. The fourth-order valence-electron chi connectivity index (χ4n) is 4.64. The molecule has 0 atom stereocenters. The summed E-state index contributed by atoms with van der Waals surface area (Å²) in [5, 5.41) is 0. The predicted molar refractivity (Wildman–Crippen MR) is 151 cm³/mol. The number of hydrogen-bond acceptors (Lipinski definition) is 2. The van der Waals surface area contributed by atoms with Gasteiger partial charge in [0.25, 0.3) is 0 Å². The van der Waals surface area contributed by atoms with Crippen LogP contribution in [0.1, 0.15) is 187 Å². The van der Waals surface area contributed by atoms with Gasteiger partial charge in [0, 0.05) is 6.42 Å². The van der Waals surface area contributed by atoms with E-state index >= 15 is 0 Å². The van der Waals surface area contributed by atoms with Crippen molar-refractivity contribution in [2.45, 2.75) is 187 Å². The summed E-state index contributed by atoms with van der Waals surface area (Å²) < 4.78 is 5.24. The van der Waals surface area contributed by atoms with Gasteiger partial charge in [0.15, 0.2) is 0 Å². The lowest BCUT2D eigenvalue weighted by atomic mass is 10.0. The summed E-state index contributed by atoms with van der Waals surface area (Å²) in [4.78, 5) is 11.8. The lowest BCUT2D eigenvalue weighted by Crippen LogP contribution is -1.98. The van der Waals surface area contributed by atoms with Crippen LogP contribution in [0.15, 0.2) is 12.3 Å². The van der Waals surface area contributed by atoms with Crippen LogP contribution >= 0.6 is 0 Å². The second kappa shape index (κ2) is 30.2. The standard InChI is InChI=1S/C32H62O2/c1-3-5-7-9-11-13-15-17-19-21-23-25-27-29-31-34-32(33)30-28-26-24-22-20-18-16-14-12-10-8-6-4-2/h29,31H,3-28,30H2,1-2H3. The summed E-state index contributed by atoms with van der Waals surface area (Å²) in [7, 11) is 0. The van der Waals surface area contributed by atoms with E-state index in [9.17, 15) is 4.79 Å². The minimum Gasteiger partial charge on any atom is -0.435 e. The number of carbonyl (C=O) groups is 1. The fourth-order valence-corrected chi connectivity index (χ4v) is 4.64. The highest BCUT2D eigenvalue weighted by molar-refractivity contribution is 5.69. The van der Waals surface area contributed by atoms with Crippen LogP contribution in [-0.2, 0) is 9.53 Å². The van der Waals surface area contributed by atoms with Gasteiger partial charge >= 0.3 is 5.97 Å². The van der Waals surface area contributed by atoms with Crippen molar-refractivity contribution >= 4 is 5.97 Å². The Bertz CT molecular complexity index is 415. The summed E-state index contributed by atoms with van der Waals surface area (Å²) in [5.74, 6) is -0.0611. The Labute approximate surface area is 215 Å². The first-order valence-corrected chi connectivity index (χ1v) is 15.7. The zero-order chi connectivity index (χ0) is 24.8. The number of unbranched alkanes of at least 4 members (excludes halogenated alkanes) is 24. The van der Waals surface area contributed by atoms with Gasteiger partial charge in [-0.3, -0.25) is 4.79 Å². The first kappa shape index (κ1) is 33.2. The molecule has 0 saturated heterocycles. The molecule has 0 rings (SSSR count). The molecule has 2 nitrogen and oxygen atoms in total. The molecule has 0 saturated carbocycles. The average Bonchev–Trinajstić information content (AvgIpc) is 2.84. The number of allylic oxidation sites excluding steroid dienone is 1. The molecule has 2 heteroatoms. The zero-order valence-electron chi connectivity index (χ0n) is 23.6. The van der Waals surface area contributed by atoms with Crippen LogP contribution < -0.4 is 0 Å². The molecule has 0 bridgehead atoms. The van der Waals surface area contributed by atoms with Crippen LogP contribution in [0.5, 0.6) is 0 Å². The van der Waals surface area contributed by atoms with E-state index in [-0.39, 0.29) is 5.97 Å². The smallest absolute Gasteiger partial charge is 0.310 e. The van der Waals surface area contributed by atoms with E-state index in [0.717, 1.165) is 19.3 Å². The van der Waals surface area contributed by atoms with Crippen LogP contribution in [-0.4, -0.2) is 5.97 Å². The van der Waals surface area contributed by atoms with Crippen LogP contribution in [0.25, 0.3) is 0 Å². The molecular formula is C32H62O2. The molecule has 0 N–H and O–H groups in total. The lowest BCUT2D eigenvalue weighted by molar-refractivity contribution is -0.138. The minimum atomic E-state index is -0.0611. The van der Waals surface area contributed by atoms with E-state index in [0.29, 0.717) is 6.42 Å². The number of hydrogen-bond donors (Lipinski definition) is 0. The largest absolute Gasteiger partial charge is 0.435 e. The van der Waals surface area contributed by atoms with Gasteiger partial charge < -0.3 is 4.74 Å². The van der Waals surface area contributed by atoms with Gasteiger partial charge in [-0.05, 0) is 25.3 Å². The van der Waals surface area contributed by atoms with Crippen molar-refractivity contribution < 1.29 is 9.53 Å². The Kier molecular flexibility index (Phi) is 29.5. The van der Waals surface area contributed by atoms with E-state index in [1.54, 1.807) is 6.26 Å². The Morgan fingerprint density at radius 1 is 0.471 bits per heavy atom. The highest BCUT2D eigenvalue weighted by atomic mass is 16.5. The van der Waals surface area contributed by atoms with Crippen molar-refractivity contribution in [2.24, 2.45) is 0 Å². The Morgan fingerprint density at radius 3 is 1.18 bits per heavy atom. The molecule has 0 aromatic heterocycles. The molecule has 0 radical (unpaired) electrons. The predicted octanol–water partition coefficient (Wildman–Crippen LogP) is 11.6. The molecule has 0 spiro atoms. The molecule has 34 heavy (non-hydrogen) atoms. The van der Waals surface area contributed by atoms with E-state index in [1.807, 2.05) is 6.08 Å². The quantitative estimate of drug-likeness (QED) is 0.0634. The summed E-state index contributed by atoms with van der Waals surface area (Å²) in [6.07, 6.45) is 39.1. The number of rotatable bonds is 28. The van der Waals surface area contributed by atoms with Crippen molar-refractivity contribution in [2.75, 3.05) is 0 Å². The third-order valence-electron chi connectivity index (χ3n) is 7.00. The normalized spacial score (nSPS) is 11.5. The highest BCUT2D eigenvalue weighted by Gasteiger charge is 2.01. The van der Waals surface area contributed by atoms with Crippen LogP contribution in [0, 0.1) is 0 Å². The number of esters is 1. The molecule has 0 aliphatic heterocycles. The Morgan fingerprint density at radius 2 is 0.794 bits per heavy atom. The van der Waals surface area contributed by atoms with E-state index in [2.05, 4.69) is 13.8 Å². The van der Waals surface area contributed by atoms with Crippen molar-refractivity contribution in [1.29, 1.82) is 0 Å². The minimum absolute atomic E-state index is 0.0611. The second-order valence-electron chi connectivity index (χ2n) is 10.5. The Hall–Kier alpha value is -0.790. The Balaban J connectivity index is 3.22. The monoisotopic (exact) mass is 478 g/mol. The van der Waals surface area contributed by atoms with Gasteiger partial charge in [-0.15, -0.1) is 0 Å². The molecule has 0 fully saturated rings. The maximum atomic E-state index is 11.8. The second-order valence-corrected chi connectivity index (χ2v) is 10.5. The maximum absolute atomic E-state index is 11.8. The topological polar surface area (TPSA) is 26.3 Å². The van der Waals surface area contributed by atoms with Crippen molar-refractivity contribution in [3.05, 3.63) is 12.3 Å². The molecule has 0 aliphatic carbocycles. The van der Waals surface area contributed by atoms with Gasteiger partial charge in [-0.25, -0.2) is 0 Å². The first-order chi connectivity index (χ1) is 16.8. The van der Waals surface area contributed by atoms with Gasteiger partial charge in [0.2, 0.25) is 0 Å². The van der Waals surface area contributed by atoms with E-state index < -0.39 is 0 Å². The average molecular weight is 479 g/mol. The van der Waals surface area contributed by atoms with Gasteiger partial charge in [0.1, 0.15) is 0 Å². The number of ether oxygens (including phenoxy) is 1. The molecular weight excluding hydrogens is 416 g/mol. The number of carbonyl (C=O) groups excluding carboxylic acids is 1. The third-order valence-corrected chi connectivity index (χ3v) is 7.00. The summed E-state index contributed by atoms with van der Waals surface area (Å²) in [6, 6.07) is 0. The SMILES string of the molecule is CCCCCCCCCCCCCCC=COC(=O)CCCCCCCCCCCCCCC. The summed E-state index contributed by atoms with van der Waals surface area (Å²) in [6.45, 7) is 4.56. The third kappa shape index (κ3) is 29.2. The molecule has 0 aliphatic rings. The maximum Gasteiger partial charge on any atom is 0.310 e. The van der Waals surface area contributed by atoms with E-state index in [1.165, 1.54) is 148 Å². The molecule has 202 valence electrons. The van der Waals surface area contributed by atoms with Crippen LogP contribution in [0.3, 0.4) is 0 Å². The van der Waals surface area contributed by atoms with Crippen molar-refractivity contribution in [1.82, 2.24) is 0 Å². The molecule has 0 heterocycles. The zero-order valence-corrected chi connectivity index (χ0v) is 23.6. The lowest BCUT2D eigenvalue weighted by Gasteiger charge is -2.03. The van der Waals surface area contributed by atoms with Crippen molar-refractivity contribution in [3.63, 3.8) is 0 Å². The van der Waals surface area contributed by atoms with Gasteiger partial charge in [-0.2, -0.15) is 0 Å². The summed E-state index contributed by atoms with van der Waals surface area (Å²) in [5.41, 5.74) is 0. The first-order valence-electron chi connectivity index (χ1n) is 15.7. The molecule has 0 unspecified atom stereocenters. The van der Waals surface area contributed by atoms with Crippen LogP contribution in [0.4, 0.5) is 0 Å². The summed E-state index contributed by atoms with van der Waals surface area (Å²) >= 11 is 0. The van der Waals surface area contributed by atoms with Gasteiger partial charge in [-0.1, -0.05) is 162 Å². The van der Waals surface area contributed by atoms with Crippen molar-refractivity contribution in [3.8, 4) is 0 Å². The molecule has 0 aromatic rings. The molecule has 0 aromatic carbocycles. The van der Waals surface area contributed by atoms with Gasteiger partial charge in [0.05, 0.1) is 6.26 Å². The van der Waals surface area contributed by atoms with E-state index in [4.69, 9.17) is 4.74 Å².